The lowest BCUT2D eigenvalue weighted by atomic mass is 10.1. The molecule has 1 N–H and O–H groups in total. The maximum atomic E-state index is 12.3. The average Bonchev–Trinajstić information content (AvgIpc) is 2.90. The topological polar surface area (TPSA) is 59.8 Å². The summed E-state index contributed by atoms with van der Waals surface area (Å²) >= 11 is 1.42. The van der Waals surface area contributed by atoms with Gasteiger partial charge in [0.15, 0.2) is 5.16 Å². The van der Waals surface area contributed by atoms with Crippen molar-refractivity contribution in [2.45, 2.75) is 44.6 Å². The summed E-state index contributed by atoms with van der Waals surface area (Å²) in [5, 5.41) is 11.4. The lowest BCUT2D eigenvalue weighted by Crippen LogP contribution is -2.23. The first-order valence-electron chi connectivity index (χ1n) is 6.93. The van der Waals surface area contributed by atoms with Gasteiger partial charge in [0.1, 0.15) is 6.33 Å². The molecule has 0 unspecified atom stereocenters. The largest absolute Gasteiger partial charge is 0.325 e. The molecule has 1 amide bonds. The first-order valence-corrected chi connectivity index (χ1v) is 7.81. The second-order valence-electron chi connectivity index (χ2n) is 4.97. The number of aryl methyl sites for hydroxylation is 3. The van der Waals surface area contributed by atoms with Crippen LogP contribution in [0, 0.1) is 13.8 Å². The van der Waals surface area contributed by atoms with E-state index in [-0.39, 0.29) is 11.2 Å². The number of aromatic nitrogens is 3. The van der Waals surface area contributed by atoms with Crippen LogP contribution in [0.5, 0.6) is 0 Å². The maximum Gasteiger partial charge on any atom is 0.237 e. The third kappa shape index (κ3) is 3.85. The molecule has 2 rings (SSSR count). The Hall–Kier alpha value is -1.82. The molecule has 1 aromatic heterocycles. The van der Waals surface area contributed by atoms with Crippen LogP contribution in [-0.2, 0) is 11.3 Å². The summed E-state index contributed by atoms with van der Waals surface area (Å²) in [5.74, 6) is -0.0284. The van der Waals surface area contributed by atoms with Crippen molar-refractivity contribution < 1.29 is 4.79 Å². The second-order valence-corrected chi connectivity index (χ2v) is 6.28. The van der Waals surface area contributed by atoms with Crippen LogP contribution in [0.4, 0.5) is 5.69 Å². The molecule has 1 atom stereocenters. The van der Waals surface area contributed by atoms with Crippen molar-refractivity contribution in [2.24, 2.45) is 0 Å². The highest BCUT2D eigenvalue weighted by molar-refractivity contribution is 8.00. The van der Waals surface area contributed by atoms with Crippen LogP contribution >= 0.6 is 11.8 Å². The van der Waals surface area contributed by atoms with E-state index in [2.05, 4.69) is 15.5 Å². The second kappa shape index (κ2) is 6.76. The number of carbonyl (C=O) groups is 1. The van der Waals surface area contributed by atoms with Gasteiger partial charge in [0.05, 0.1) is 5.25 Å². The molecule has 0 saturated carbocycles. The van der Waals surface area contributed by atoms with Crippen LogP contribution in [-0.4, -0.2) is 25.9 Å². The van der Waals surface area contributed by atoms with Crippen LogP contribution in [0.15, 0.2) is 29.7 Å². The van der Waals surface area contributed by atoms with Gasteiger partial charge in [0, 0.05) is 12.2 Å². The molecule has 5 nitrogen and oxygen atoms in total. The molecule has 0 aliphatic carbocycles. The Morgan fingerprint density at radius 3 is 2.90 bits per heavy atom. The molecule has 0 aliphatic rings. The predicted molar refractivity (Wildman–Crippen MR) is 85.6 cm³/mol. The van der Waals surface area contributed by atoms with E-state index < -0.39 is 0 Å². The molecule has 1 heterocycles. The lowest BCUT2D eigenvalue weighted by molar-refractivity contribution is -0.115. The van der Waals surface area contributed by atoms with Crippen molar-refractivity contribution in [2.75, 3.05) is 5.32 Å². The van der Waals surface area contributed by atoms with E-state index in [1.807, 2.05) is 50.5 Å². The number of hydrogen-bond acceptors (Lipinski definition) is 4. The van der Waals surface area contributed by atoms with Gasteiger partial charge in [-0.2, -0.15) is 0 Å². The van der Waals surface area contributed by atoms with Gasteiger partial charge < -0.3 is 9.88 Å². The Morgan fingerprint density at radius 1 is 1.43 bits per heavy atom. The van der Waals surface area contributed by atoms with Crippen LogP contribution in [0.3, 0.4) is 0 Å². The molecular formula is C15H20N4OS. The highest BCUT2D eigenvalue weighted by Gasteiger charge is 2.18. The van der Waals surface area contributed by atoms with E-state index in [4.69, 9.17) is 0 Å². The number of anilines is 1. The zero-order chi connectivity index (χ0) is 15.4. The highest BCUT2D eigenvalue weighted by Crippen LogP contribution is 2.23. The summed E-state index contributed by atoms with van der Waals surface area (Å²) in [4.78, 5) is 12.3. The van der Waals surface area contributed by atoms with Gasteiger partial charge in [-0.25, -0.2) is 0 Å². The Bertz CT molecular complexity index is 638. The molecule has 0 fully saturated rings. The van der Waals surface area contributed by atoms with Gasteiger partial charge >= 0.3 is 0 Å². The van der Waals surface area contributed by atoms with E-state index in [0.29, 0.717) is 0 Å². The third-order valence-electron chi connectivity index (χ3n) is 3.22. The fourth-order valence-corrected chi connectivity index (χ4v) is 2.76. The minimum atomic E-state index is -0.237. The average molecular weight is 304 g/mol. The summed E-state index contributed by atoms with van der Waals surface area (Å²) in [6.07, 6.45) is 1.68. The van der Waals surface area contributed by atoms with Crippen molar-refractivity contribution >= 4 is 23.4 Å². The summed E-state index contributed by atoms with van der Waals surface area (Å²) < 4.78 is 1.92. The minimum absolute atomic E-state index is 0.0284. The first-order chi connectivity index (χ1) is 10.0. The van der Waals surface area contributed by atoms with Gasteiger partial charge in [0.25, 0.3) is 0 Å². The Labute approximate surface area is 129 Å². The highest BCUT2D eigenvalue weighted by atomic mass is 32.2. The number of nitrogens with zero attached hydrogens (tertiary/aromatic N) is 3. The van der Waals surface area contributed by atoms with Crippen molar-refractivity contribution in [3.05, 3.63) is 35.7 Å². The van der Waals surface area contributed by atoms with Crippen molar-refractivity contribution in [3.8, 4) is 0 Å². The van der Waals surface area contributed by atoms with E-state index in [0.717, 1.165) is 28.5 Å². The maximum absolute atomic E-state index is 12.3. The number of carbonyl (C=O) groups excluding carboxylic acids is 1. The minimum Gasteiger partial charge on any atom is -0.325 e. The number of thioether (sulfide) groups is 1. The van der Waals surface area contributed by atoms with Gasteiger partial charge in [-0.1, -0.05) is 23.9 Å². The molecule has 0 radical (unpaired) electrons. The van der Waals surface area contributed by atoms with Crippen molar-refractivity contribution in [3.63, 3.8) is 0 Å². The quantitative estimate of drug-likeness (QED) is 0.863. The summed E-state index contributed by atoms with van der Waals surface area (Å²) in [5.41, 5.74) is 3.05. The smallest absolute Gasteiger partial charge is 0.237 e. The standard InChI is InChI=1S/C15H20N4OS/c1-5-19-9-16-18-15(19)21-12(4)14(20)17-13-8-10(2)6-7-11(13)3/h6-9,12H,5H2,1-4H3,(H,17,20)/t12-/m0/s1. The number of hydrogen-bond donors (Lipinski definition) is 1. The Balaban J connectivity index is 2.04. The monoisotopic (exact) mass is 304 g/mol. The number of benzene rings is 1. The Kier molecular flexibility index (Phi) is 5.01. The lowest BCUT2D eigenvalue weighted by Gasteiger charge is -2.13. The fraction of sp³-hybridized carbons (Fsp3) is 0.400. The van der Waals surface area contributed by atoms with E-state index in [1.54, 1.807) is 6.33 Å². The zero-order valence-corrected chi connectivity index (χ0v) is 13.6. The van der Waals surface area contributed by atoms with Gasteiger partial charge in [0.2, 0.25) is 5.91 Å². The molecule has 0 aliphatic heterocycles. The fourth-order valence-electron chi connectivity index (χ4n) is 1.87. The summed E-state index contributed by atoms with van der Waals surface area (Å²) in [6, 6.07) is 6.03. The molecular weight excluding hydrogens is 284 g/mol. The molecule has 0 spiro atoms. The van der Waals surface area contributed by atoms with E-state index in [9.17, 15) is 4.79 Å². The third-order valence-corrected chi connectivity index (χ3v) is 4.32. The van der Waals surface area contributed by atoms with Crippen LogP contribution in [0.25, 0.3) is 0 Å². The van der Waals surface area contributed by atoms with Gasteiger partial charge in [-0.05, 0) is 44.9 Å². The molecule has 1 aromatic carbocycles. The summed E-state index contributed by atoms with van der Waals surface area (Å²) in [6.45, 7) is 8.69. The number of amides is 1. The van der Waals surface area contributed by atoms with Crippen LogP contribution < -0.4 is 5.32 Å². The van der Waals surface area contributed by atoms with Crippen LogP contribution in [0.2, 0.25) is 0 Å². The molecule has 6 heteroatoms. The summed E-state index contributed by atoms with van der Waals surface area (Å²) in [7, 11) is 0. The predicted octanol–water partition coefficient (Wildman–Crippen LogP) is 3.03. The van der Waals surface area contributed by atoms with E-state index in [1.165, 1.54) is 11.8 Å². The molecule has 21 heavy (non-hydrogen) atoms. The van der Waals surface area contributed by atoms with Gasteiger partial charge in [-0.3, -0.25) is 4.79 Å². The van der Waals surface area contributed by atoms with Crippen molar-refractivity contribution in [1.82, 2.24) is 14.8 Å². The normalized spacial score (nSPS) is 12.2. The zero-order valence-electron chi connectivity index (χ0n) is 12.8. The number of nitrogens with one attached hydrogen (secondary N) is 1. The Morgan fingerprint density at radius 2 is 2.19 bits per heavy atom. The molecule has 0 saturated heterocycles. The van der Waals surface area contributed by atoms with Crippen LogP contribution in [0.1, 0.15) is 25.0 Å². The molecule has 0 bridgehead atoms. The first kappa shape index (κ1) is 15.6. The van der Waals surface area contributed by atoms with Crippen molar-refractivity contribution in [1.29, 1.82) is 0 Å². The molecule has 112 valence electrons. The van der Waals surface area contributed by atoms with E-state index >= 15 is 0 Å². The molecule has 2 aromatic rings. The SMILES string of the molecule is CCn1cnnc1S[C@@H](C)C(=O)Nc1cc(C)ccc1C. The van der Waals surface area contributed by atoms with Gasteiger partial charge in [-0.15, -0.1) is 10.2 Å². The number of rotatable bonds is 5.